The lowest BCUT2D eigenvalue weighted by molar-refractivity contribution is 0.0703. The second kappa shape index (κ2) is 6.37. The molecular formula is C15H17N3O3S2. The van der Waals surface area contributed by atoms with Gasteiger partial charge in [0.05, 0.1) is 17.2 Å². The monoisotopic (exact) mass is 351 g/mol. The van der Waals surface area contributed by atoms with Crippen molar-refractivity contribution in [2.24, 2.45) is 0 Å². The summed E-state index contributed by atoms with van der Waals surface area (Å²) in [5.41, 5.74) is 1.07. The maximum Gasteiger partial charge on any atom is 0.273 e. The zero-order chi connectivity index (χ0) is 16.4. The number of pyridine rings is 1. The van der Waals surface area contributed by atoms with Crippen LogP contribution in [0.2, 0.25) is 0 Å². The summed E-state index contributed by atoms with van der Waals surface area (Å²) < 4.78 is 23.3. The Labute approximate surface area is 139 Å². The highest BCUT2D eigenvalue weighted by atomic mass is 32.2. The maximum absolute atomic E-state index is 12.7. The molecule has 0 spiro atoms. The van der Waals surface area contributed by atoms with Crippen molar-refractivity contribution < 1.29 is 13.2 Å². The first-order valence-corrected chi connectivity index (χ1v) is 10.1. The Morgan fingerprint density at radius 3 is 2.87 bits per heavy atom. The van der Waals surface area contributed by atoms with Gasteiger partial charge in [0.25, 0.3) is 5.91 Å². The third-order valence-electron chi connectivity index (χ3n) is 3.86. The van der Waals surface area contributed by atoms with Gasteiger partial charge in [-0.15, -0.1) is 11.3 Å². The van der Waals surface area contributed by atoms with Gasteiger partial charge in [0, 0.05) is 24.2 Å². The third-order valence-corrected chi connectivity index (χ3v) is 6.47. The molecule has 0 N–H and O–H groups in total. The summed E-state index contributed by atoms with van der Waals surface area (Å²) in [4.78, 5) is 22.9. The lowest BCUT2D eigenvalue weighted by Gasteiger charge is -2.25. The molecule has 1 aliphatic heterocycles. The smallest absolute Gasteiger partial charge is 0.273 e. The highest BCUT2D eigenvalue weighted by molar-refractivity contribution is 7.91. The van der Waals surface area contributed by atoms with Crippen LogP contribution < -0.4 is 0 Å². The Morgan fingerprint density at radius 1 is 1.43 bits per heavy atom. The van der Waals surface area contributed by atoms with E-state index >= 15 is 0 Å². The molecule has 1 saturated heterocycles. The molecule has 2 aromatic heterocycles. The van der Waals surface area contributed by atoms with E-state index in [-0.39, 0.29) is 23.5 Å². The van der Waals surface area contributed by atoms with Crippen LogP contribution in [0.1, 0.15) is 23.8 Å². The van der Waals surface area contributed by atoms with Crippen LogP contribution in [0.4, 0.5) is 0 Å². The van der Waals surface area contributed by atoms with E-state index in [4.69, 9.17) is 0 Å². The number of carbonyl (C=O) groups excluding carboxylic acids is 1. The van der Waals surface area contributed by atoms with Crippen LogP contribution in [-0.4, -0.2) is 53.3 Å². The highest BCUT2D eigenvalue weighted by Gasteiger charge is 2.34. The van der Waals surface area contributed by atoms with Gasteiger partial charge < -0.3 is 4.90 Å². The number of hydrogen-bond acceptors (Lipinski definition) is 6. The average molecular weight is 351 g/mol. The summed E-state index contributed by atoms with van der Waals surface area (Å²) in [5.74, 6) is -0.0188. The standard InChI is InChI=1S/C15H17N3O3S2/c1-2-18(11-6-8-23(20,21)10-11)15(19)13-9-22-14(17-13)12-5-3-4-7-16-12/h3-5,7,9,11H,2,6,8,10H2,1H3. The number of rotatable bonds is 4. The summed E-state index contributed by atoms with van der Waals surface area (Å²) in [6.07, 6.45) is 2.18. The molecule has 1 unspecified atom stereocenters. The zero-order valence-electron chi connectivity index (χ0n) is 12.7. The van der Waals surface area contributed by atoms with Crippen molar-refractivity contribution in [2.75, 3.05) is 18.1 Å². The zero-order valence-corrected chi connectivity index (χ0v) is 14.3. The molecule has 8 heteroatoms. The van der Waals surface area contributed by atoms with Gasteiger partial charge in [-0.25, -0.2) is 13.4 Å². The molecule has 122 valence electrons. The predicted octanol–water partition coefficient (Wildman–Crippen LogP) is 1.85. The van der Waals surface area contributed by atoms with E-state index in [1.54, 1.807) is 16.5 Å². The first-order valence-electron chi connectivity index (χ1n) is 7.38. The molecule has 0 bridgehead atoms. The van der Waals surface area contributed by atoms with E-state index in [1.165, 1.54) is 11.3 Å². The predicted molar refractivity (Wildman–Crippen MR) is 89.1 cm³/mol. The minimum absolute atomic E-state index is 0.0455. The minimum atomic E-state index is -3.03. The first-order chi connectivity index (χ1) is 11.0. The molecule has 1 aliphatic rings. The van der Waals surface area contributed by atoms with Crippen LogP contribution in [0.3, 0.4) is 0 Å². The molecule has 2 aromatic rings. The lowest BCUT2D eigenvalue weighted by atomic mass is 10.2. The van der Waals surface area contributed by atoms with Crippen molar-refractivity contribution in [3.63, 3.8) is 0 Å². The summed E-state index contributed by atoms with van der Waals surface area (Å²) in [6, 6.07) is 5.28. The molecule has 1 atom stereocenters. The molecule has 1 fully saturated rings. The highest BCUT2D eigenvalue weighted by Crippen LogP contribution is 2.24. The Kier molecular flexibility index (Phi) is 4.45. The summed E-state index contributed by atoms with van der Waals surface area (Å²) in [5, 5.41) is 2.39. The molecule has 1 amide bonds. The Bertz CT molecular complexity index is 802. The Morgan fingerprint density at radius 2 is 2.26 bits per heavy atom. The number of amides is 1. The van der Waals surface area contributed by atoms with Crippen LogP contribution in [-0.2, 0) is 9.84 Å². The van der Waals surface area contributed by atoms with Gasteiger partial charge in [-0.2, -0.15) is 0 Å². The second-order valence-corrected chi connectivity index (χ2v) is 8.49. The molecule has 0 aliphatic carbocycles. The van der Waals surface area contributed by atoms with Gasteiger partial charge in [-0.3, -0.25) is 9.78 Å². The first kappa shape index (κ1) is 16.1. The van der Waals surface area contributed by atoms with E-state index in [9.17, 15) is 13.2 Å². The summed E-state index contributed by atoms with van der Waals surface area (Å²) in [6.45, 7) is 2.32. The van der Waals surface area contributed by atoms with Crippen LogP contribution in [0.15, 0.2) is 29.8 Å². The van der Waals surface area contributed by atoms with E-state index in [0.717, 1.165) is 5.69 Å². The van der Waals surface area contributed by atoms with Crippen LogP contribution in [0.5, 0.6) is 0 Å². The van der Waals surface area contributed by atoms with Crippen molar-refractivity contribution in [3.8, 4) is 10.7 Å². The fraction of sp³-hybridized carbons (Fsp3) is 0.400. The van der Waals surface area contributed by atoms with Gasteiger partial charge in [0.15, 0.2) is 9.84 Å². The molecule has 0 aromatic carbocycles. The van der Waals surface area contributed by atoms with E-state index in [1.807, 2.05) is 25.1 Å². The lowest BCUT2D eigenvalue weighted by Crippen LogP contribution is -2.41. The van der Waals surface area contributed by atoms with Crippen LogP contribution >= 0.6 is 11.3 Å². The number of sulfone groups is 1. The van der Waals surface area contributed by atoms with Gasteiger partial charge >= 0.3 is 0 Å². The number of thiazole rings is 1. The molecular weight excluding hydrogens is 334 g/mol. The number of carbonyl (C=O) groups is 1. The number of aromatic nitrogens is 2. The Balaban J connectivity index is 1.81. The second-order valence-electron chi connectivity index (χ2n) is 5.40. The normalized spacial score (nSPS) is 19.6. The van der Waals surface area contributed by atoms with Crippen molar-refractivity contribution >= 4 is 27.1 Å². The van der Waals surface area contributed by atoms with E-state index in [0.29, 0.717) is 23.7 Å². The van der Waals surface area contributed by atoms with Crippen molar-refractivity contribution in [3.05, 3.63) is 35.5 Å². The fourth-order valence-corrected chi connectivity index (χ4v) is 5.21. The Hall–Kier alpha value is -1.80. The minimum Gasteiger partial charge on any atom is -0.334 e. The SMILES string of the molecule is CCN(C(=O)c1csc(-c2ccccn2)n1)C1CCS(=O)(=O)C1. The topological polar surface area (TPSA) is 80.2 Å². The molecule has 3 rings (SSSR count). The van der Waals surface area contributed by atoms with Crippen LogP contribution in [0, 0.1) is 0 Å². The quantitative estimate of drug-likeness (QED) is 0.840. The number of hydrogen-bond donors (Lipinski definition) is 0. The van der Waals surface area contributed by atoms with E-state index < -0.39 is 9.84 Å². The van der Waals surface area contributed by atoms with Gasteiger partial charge in [-0.05, 0) is 25.5 Å². The fourth-order valence-electron chi connectivity index (χ4n) is 2.71. The largest absolute Gasteiger partial charge is 0.334 e. The number of nitrogens with zero attached hydrogens (tertiary/aromatic N) is 3. The van der Waals surface area contributed by atoms with Gasteiger partial charge in [0.1, 0.15) is 10.7 Å². The third kappa shape index (κ3) is 3.42. The molecule has 3 heterocycles. The maximum atomic E-state index is 12.7. The summed E-state index contributed by atoms with van der Waals surface area (Å²) >= 11 is 1.36. The van der Waals surface area contributed by atoms with Crippen molar-refractivity contribution in [1.29, 1.82) is 0 Å². The molecule has 6 nitrogen and oxygen atoms in total. The van der Waals surface area contributed by atoms with Crippen LogP contribution in [0.25, 0.3) is 10.7 Å². The molecule has 23 heavy (non-hydrogen) atoms. The van der Waals surface area contributed by atoms with E-state index in [2.05, 4.69) is 9.97 Å². The average Bonchev–Trinajstić information content (AvgIpc) is 3.16. The van der Waals surface area contributed by atoms with Gasteiger partial charge in [0.2, 0.25) is 0 Å². The van der Waals surface area contributed by atoms with Crippen molar-refractivity contribution in [2.45, 2.75) is 19.4 Å². The summed E-state index contributed by atoms with van der Waals surface area (Å²) in [7, 11) is -3.03. The van der Waals surface area contributed by atoms with Gasteiger partial charge in [-0.1, -0.05) is 6.07 Å². The van der Waals surface area contributed by atoms with Crippen molar-refractivity contribution in [1.82, 2.24) is 14.9 Å². The molecule has 0 radical (unpaired) electrons. The molecule has 0 saturated carbocycles.